The Bertz CT molecular complexity index is 603. The number of rotatable bonds is 3. The van der Waals surface area contributed by atoms with E-state index in [9.17, 15) is 0 Å². The molecule has 1 aliphatic heterocycles. The lowest BCUT2D eigenvalue weighted by Crippen LogP contribution is -2.33. The van der Waals surface area contributed by atoms with Crippen LogP contribution in [-0.2, 0) is 0 Å². The van der Waals surface area contributed by atoms with E-state index in [0.717, 1.165) is 30.5 Å². The molecule has 1 aromatic heterocycles. The summed E-state index contributed by atoms with van der Waals surface area (Å²) in [5, 5.41) is 3.28. The Balaban J connectivity index is 1.74. The third-order valence-corrected chi connectivity index (χ3v) is 4.02. The minimum absolute atomic E-state index is 0.664. The van der Waals surface area contributed by atoms with Gasteiger partial charge in [0.05, 0.1) is 0 Å². The summed E-state index contributed by atoms with van der Waals surface area (Å²) in [5.74, 6) is 2.51. The normalized spacial score (nSPS) is 16.0. The molecule has 0 unspecified atom stereocenters. The van der Waals surface area contributed by atoms with Gasteiger partial charge in [0, 0.05) is 25.0 Å². The standard InChI is InChI=1S/C17H22N4/c1-13-7-10-21(11-8-13)16-6-9-18-17(20-16)19-15-5-3-4-14(2)12-15/h3-6,9,12-13H,7-8,10-11H2,1-2H3,(H,18,19,20). The van der Waals surface area contributed by atoms with Gasteiger partial charge in [-0.15, -0.1) is 0 Å². The van der Waals surface area contributed by atoms with Gasteiger partial charge in [0.25, 0.3) is 0 Å². The molecule has 1 aliphatic rings. The van der Waals surface area contributed by atoms with Crippen molar-refractivity contribution in [3.63, 3.8) is 0 Å². The maximum absolute atomic E-state index is 4.65. The zero-order chi connectivity index (χ0) is 14.7. The molecule has 1 N–H and O–H groups in total. The van der Waals surface area contributed by atoms with E-state index in [1.54, 1.807) is 0 Å². The fourth-order valence-corrected chi connectivity index (χ4v) is 2.68. The zero-order valence-electron chi connectivity index (χ0n) is 12.7. The van der Waals surface area contributed by atoms with Gasteiger partial charge in [0.1, 0.15) is 5.82 Å². The van der Waals surface area contributed by atoms with Crippen LogP contribution >= 0.6 is 0 Å². The highest BCUT2D eigenvalue weighted by molar-refractivity contribution is 5.55. The third kappa shape index (κ3) is 3.51. The van der Waals surface area contributed by atoms with E-state index in [1.165, 1.54) is 18.4 Å². The van der Waals surface area contributed by atoms with Gasteiger partial charge in [0.15, 0.2) is 0 Å². The monoisotopic (exact) mass is 282 g/mol. The number of hydrogen-bond donors (Lipinski definition) is 1. The molecule has 0 atom stereocenters. The molecule has 3 rings (SSSR count). The summed E-state index contributed by atoms with van der Waals surface area (Å²) in [6, 6.07) is 10.2. The number of piperidine rings is 1. The van der Waals surface area contributed by atoms with Crippen LogP contribution in [0.2, 0.25) is 0 Å². The van der Waals surface area contributed by atoms with Gasteiger partial charge >= 0.3 is 0 Å². The highest BCUT2D eigenvalue weighted by Gasteiger charge is 2.17. The molecular weight excluding hydrogens is 260 g/mol. The van der Waals surface area contributed by atoms with Crippen molar-refractivity contribution in [2.75, 3.05) is 23.3 Å². The predicted octanol–water partition coefficient (Wildman–Crippen LogP) is 3.76. The summed E-state index contributed by atoms with van der Waals surface area (Å²) in [6.45, 7) is 6.57. The maximum Gasteiger partial charge on any atom is 0.229 e. The minimum atomic E-state index is 0.664. The van der Waals surface area contributed by atoms with Crippen LogP contribution in [0.15, 0.2) is 36.5 Å². The predicted molar refractivity (Wildman–Crippen MR) is 87.1 cm³/mol. The molecule has 1 saturated heterocycles. The molecule has 2 aromatic rings. The molecular formula is C17H22N4. The first-order valence-corrected chi connectivity index (χ1v) is 7.62. The van der Waals surface area contributed by atoms with Gasteiger partial charge < -0.3 is 10.2 Å². The van der Waals surface area contributed by atoms with Gasteiger partial charge in [-0.3, -0.25) is 0 Å². The van der Waals surface area contributed by atoms with Crippen molar-refractivity contribution in [2.24, 2.45) is 5.92 Å². The largest absolute Gasteiger partial charge is 0.356 e. The highest BCUT2D eigenvalue weighted by Crippen LogP contribution is 2.22. The van der Waals surface area contributed by atoms with Crippen molar-refractivity contribution >= 4 is 17.5 Å². The first kappa shape index (κ1) is 13.9. The second-order valence-corrected chi connectivity index (χ2v) is 5.90. The van der Waals surface area contributed by atoms with Crippen LogP contribution in [0.5, 0.6) is 0 Å². The average Bonchev–Trinajstić information content (AvgIpc) is 2.48. The molecule has 1 aromatic carbocycles. The summed E-state index contributed by atoms with van der Waals surface area (Å²) < 4.78 is 0. The van der Waals surface area contributed by atoms with Crippen LogP contribution in [0, 0.1) is 12.8 Å². The SMILES string of the molecule is Cc1cccc(Nc2nccc(N3CCC(C)CC3)n2)c1. The molecule has 2 heterocycles. The topological polar surface area (TPSA) is 41.1 Å². The van der Waals surface area contributed by atoms with Crippen LogP contribution in [0.3, 0.4) is 0 Å². The lowest BCUT2D eigenvalue weighted by atomic mass is 9.99. The van der Waals surface area contributed by atoms with Crippen LogP contribution < -0.4 is 10.2 Å². The summed E-state index contributed by atoms with van der Waals surface area (Å²) in [4.78, 5) is 11.3. The molecule has 0 saturated carbocycles. The Labute approximate surface area is 126 Å². The second-order valence-electron chi connectivity index (χ2n) is 5.90. The highest BCUT2D eigenvalue weighted by atomic mass is 15.2. The van der Waals surface area contributed by atoms with Crippen LogP contribution in [0.25, 0.3) is 0 Å². The van der Waals surface area contributed by atoms with Gasteiger partial charge in [-0.1, -0.05) is 19.1 Å². The molecule has 0 radical (unpaired) electrons. The van der Waals surface area contributed by atoms with Crippen LogP contribution in [-0.4, -0.2) is 23.1 Å². The molecule has 110 valence electrons. The van der Waals surface area contributed by atoms with Crippen LogP contribution in [0.1, 0.15) is 25.3 Å². The number of benzene rings is 1. The zero-order valence-corrected chi connectivity index (χ0v) is 12.7. The van der Waals surface area contributed by atoms with Crippen molar-refractivity contribution < 1.29 is 0 Å². The van der Waals surface area contributed by atoms with Gasteiger partial charge in [-0.05, 0) is 49.4 Å². The summed E-state index contributed by atoms with van der Waals surface area (Å²) >= 11 is 0. The summed E-state index contributed by atoms with van der Waals surface area (Å²) in [5.41, 5.74) is 2.25. The number of nitrogens with zero attached hydrogens (tertiary/aromatic N) is 3. The van der Waals surface area contributed by atoms with Crippen LogP contribution in [0.4, 0.5) is 17.5 Å². The number of hydrogen-bond acceptors (Lipinski definition) is 4. The summed E-state index contributed by atoms with van der Waals surface area (Å²) in [7, 11) is 0. The molecule has 0 spiro atoms. The second kappa shape index (κ2) is 6.12. The Morgan fingerprint density at radius 3 is 2.76 bits per heavy atom. The molecule has 0 bridgehead atoms. The van der Waals surface area contributed by atoms with Crippen molar-refractivity contribution in [1.29, 1.82) is 0 Å². The van der Waals surface area contributed by atoms with E-state index >= 15 is 0 Å². The number of aromatic nitrogens is 2. The van der Waals surface area contributed by atoms with Crippen molar-refractivity contribution in [2.45, 2.75) is 26.7 Å². The Morgan fingerprint density at radius 1 is 1.19 bits per heavy atom. The number of nitrogens with one attached hydrogen (secondary N) is 1. The molecule has 4 heteroatoms. The Kier molecular flexibility index (Phi) is 4.04. The fourth-order valence-electron chi connectivity index (χ4n) is 2.68. The molecule has 1 fully saturated rings. The van der Waals surface area contributed by atoms with Gasteiger partial charge in [-0.2, -0.15) is 4.98 Å². The number of aryl methyl sites for hydroxylation is 1. The fraction of sp³-hybridized carbons (Fsp3) is 0.412. The van der Waals surface area contributed by atoms with Crippen molar-refractivity contribution in [3.05, 3.63) is 42.1 Å². The quantitative estimate of drug-likeness (QED) is 0.930. The molecule has 0 amide bonds. The van der Waals surface area contributed by atoms with E-state index in [2.05, 4.69) is 46.2 Å². The molecule has 21 heavy (non-hydrogen) atoms. The summed E-state index contributed by atoms with van der Waals surface area (Å²) in [6.07, 6.45) is 4.31. The Morgan fingerprint density at radius 2 is 2.00 bits per heavy atom. The first-order valence-electron chi connectivity index (χ1n) is 7.62. The molecule has 0 aliphatic carbocycles. The van der Waals surface area contributed by atoms with Crippen molar-refractivity contribution in [1.82, 2.24) is 9.97 Å². The van der Waals surface area contributed by atoms with Gasteiger partial charge in [0.2, 0.25) is 5.95 Å². The van der Waals surface area contributed by atoms with Gasteiger partial charge in [-0.25, -0.2) is 4.98 Å². The lowest BCUT2D eigenvalue weighted by Gasteiger charge is -2.31. The minimum Gasteiger partial charge on any atom is -0.356 e. The molecule has 4 nitrogen and oxygen atoms in total. The first-order chi connectivity index (χ1) is 10.2. The van der Waals surface area contributed by atoms with E-state index in [1.807, 2.05) is 24.4 Å². The lowest BCUT2D eigenvalue weighted by molar-refractivity contribution is 0.436. The van der Waals surface area contributed by atoms with E-state index in [0.29, 0.717) is 5.95 Å². The van der Waals surface area contributed by atoms with Crippen molar-refractivity contribution in [3.8, 4) is 0 Å². The smallest absolute Gasteiger partial charge is 0.229 e. The maximum atomic E-state index is 4.65. The van der Waals surface area contributed by atoms with E-state index in [-0.39, 0.29) is 0 Å². The van der Waals surface area contributed by atoms with E-state index in [4.69, 9.17) is 0 Å². The van der Waals surface area contributed by atoms with E-state index < -0.39 is 0 Å². The number of anilines is 3. The Hall–Kier alpha value is -2.10. The average molecular weight is 282 g/mol. The third-order valence-electron chi connectivity index (χ3n) is 4.02.